The Hall–Kier alpha value is -2.96. The van der Waals surface area contributed by atoms with Crippen LogP contribution >= 0.6 is 0 Å². The molecule has 0 amide bonds. The smallest absolute Gasteiger partial charge is 0.337 e. The molecule has 0 aliphatic heterocycles. The lowest BCUT2D eigenvalue weighted by Gasteiger charge is -1.93. The summed E-state index contributed by atoms with van der Waals surface area (Å²) in [6.45, 7) is 0. The number of hydrogen-bond acceptors (Lipinski definition) is 4. The van der Waals surface area contributed by atoms with Gasteiger partial charge in [-0.05, 0) is 12.1 Å². The van der Waals surface area contributed by atoms with Crippen molar-refractivity contribution < 1.29 is 9.90 Å². The average molecular weight is 256 g/mol. The SMILES string of the molecule is O=C(O)c1cnc2nc(-c3ccc(=O)[nH]c3)[nH]c2c1. The molecule has 0 spiro atoms. The van der Waals surface area contributed by atoms with Crippen LogP contribution in [0.5, 0.6) is 0 Å². The van der Waals surface area contributed by atoms with E-state index in [9.17, 15) is 9.59 Å². The van der Waals surface area contributed by atoms with E-state index in [1.807, 2.05) is 0 Å². The van der Waals surface area contributed by atoms with E-state index in [1.165, 1.54) is 24.5 Å². The highest BCUT2D eigenvalue weighted by molar-refractivity contribution is 5.91. The van der Waals surface area contributed by atoms with E-state index in [4.69, 9.17) is 5.11 Å². The molecule has 19 heavy (non-hydrogen) atoms. The second kappa shape index (κ2) is 4.05. The van der Waals surface area contributed by atoms with Crippen LogP contribution in [0, 0.1) is 0 Å². The molecule has 3 heterocycles. The molecular formula is C12H8N4O3. The van der Waals surface area contributed by atoms with Gasteiger partial charge in [0.2, 0.25) is 5.56 Å². The minimum Gasteiger partial charge on any atom is -0.478 e. The summed E-state index contributed by atoms with van der Waals surface area (Å²) in [7, 11) is 0. The van der Waals surface area contributed by atoms with Crippen molar-refractivity contribution in [3.05, 3.63) is 46.5 Å². The number of carboxylic acid groups (broad SMARTS) is 1. The first kappa shape index (κ1) is 11.1. The van der Waals surface area contributed by atoms with Crippen LogP contribution in [0.15, 0.2) is 35.4 Å². The number of aromatic carboxylic acids is 1. The van der Waals surface area contributed by atoms with E-state index in [1.54, 1.807) is 6.07 Å². The Morgan fingerprint density at radius 2 is 2.16 bits per heavy atom. The molecule has 0 fully saturated rings. The number of imidazole rings is 1. The first-order chi connectivity index (χ1) is 9.13. The number of aromatic amines is 2. The number of carboxylic acids is 1. The van der Waals surface area contributed by atoms with Gasteiger partial charge in [-0.2, -0.15) is 0 Å². The lowest BCUT2D eigenvalue weighted by molar-refractivity contribution is 0.0696. The van der Waals surface area contributed by atoms with Crippen LogP contribution in [-0.2, 0) is 0 Å². The summed E-state index contributed by atoms with van der Waals surface area (Å²) >= 11 is 0. The fourth-order valence-electron chi connectivity index (χ4n) is 1.71. The molecule has 0 atom stereocenters. The number of pyridine rings is 2. The maximum Gasteiger partial charge on any atom is 0.337 e. The second-order valence-corrected chi connectivity index (χ2v) is 3.93. The van der Waals surface area contributed by atoms with Crippen LogP contribution < -0.4 is 5.56 Å². The molecular weight excluding hydrogens is 248 g/mol. The van der Waals surface area contributed by atoms with Crippen molar-refractivity contribution in [2.75, 3.05) is 0 Å². The van der Waals surface area contributed by atoms with E-state index in [0.29, 0.717) is 22.6 Å². The van der Waals surface area contributed by atoms with Crippen LogP contribution in [0.25, 0.3) is 22.6 Å². The Balaban J connectivity index is 2.13. The van der Waals surface area contributed by atoms with Gasteiger partial charge < -0.3 is 15.1 Å². The minimum atomic E-state index is -1.05. The third-order valence-electron chi connectivity index (χ3n) is 2.64. The van der Waals surface area contributed by atoms with Gasteiger partial charge in [0, 0.05) is 24.0 Å². The summed E-state index contributed by atoms with van der Waals surface area (Å²) in [6.07, 6.45) is 2.78. The largest absolute Gasteiger partial charge is 0.478 e. The first-order valence-corrected chi connectivity index (χ1v) is 5.41. The fourth-order valence-corrected chi connectivity index (χ4v) is 1.71. The second-order valence-electron chi connectivity index (χ2n) is 3.93. The first-order valence-electron chi connectivity index (χ1n) is 5.41. The summed E-state index contributed by atoms with van der Waals surface area (Å²) < 4.78 is 0. The van der Waals surface area contributed by atoms with Crippen molar-refractivity contribution in [2.24, 2.45) is 0 Å². The molecule has 0 aliphatic carbocycles. The summed E-state index contributed by atoms with van der Waals surface area (Å²) in [4.78, 5) is 35.5. The maximum absolute atomic E-state index is 11.0. The number of rotatable bonds is 2. The van der Waals surface area contributed by atoms with Gasteiger partial charge in [0.1, 0.15) is 5.82 Å². The highest BCUT2D eigenvalue weighted by Crippen LogP contribution is 2.18. The lowest BCUT2D eigenvalue weighted by atomic mass is 10.3. The van der Waals surface area contributed by atoms with Gasteiger partial charge in [0.25, 0.3) is 0 Å². The van der Waals surface area contributed by atoms with Gasteiger partial charge >= 0.3 is 5.97 Å². The number of fused-ring (bicyclic) bond motifs is 1. The van der Waals surface area contributed by atoms with Gasteiger partial charge in [-0.15, -0.1) is 0 Å². The van der Waals surface area contributed by atoms with E-state index >= 15 is 0 Å². The molecule has 0 radical (unpaired) electrons. The van der Waals surface area contributed by atoms with Gasteiger partial charge in [-0.1, -0.05) is 0 Å². The van der Waals surface area contributed by atoms with E-state index in [2.05, 4.69) is 19.9 Å². The highest BCUT2D eigenvalue weighted by atomic mass is 16.4. The van der Waals surface area contributed by atoms with Crippen LogP contribution in [0.3, 0.4) is 0 Å². The molecule has 0 unspecified atom stereocenters. The zero-order valence-electron chi connectivity index (χ0n) is 9.54. The molecule has 0 saturated heterocycles. The zero-order valence-corrected chi connectivity index (χ0v) is 9.54. The number of hydrogen-bond donors (Lipinski definition) is 3. The van der Waals surface area contributed by atoms with Crippen LogP contribution in [0.2, 0.25) is 0 Å². The van der Waals surface area contributed by atoms with E-state index < -0.39 is 5.97 Å². The molecule has 0 aromatic carbocycles. The molecule has 3 aromatic heterocycles. The van der Waals surface area contributed by atoms with Gasteiger partial charge in [0.05, 0.1) is 11.1 Å². The lowest BCUT2D eigenvalue weighted by Crippen LogP contribution is -2.01. The number of carbonyl (C=O) groups is 1. The number of H-pyrrole nitrogens is 2. The quantitative estimate of drug-likeness (QED) is 0.633. The van der Waals surface area contributed by atoms with Crippen molar-refractivity contribution >= 4 is 17.1 Å². The van der Waals surface area contributed by atoms with Gasteiger partial charge in [-0.25, -0.2) is 14.8 Å². The van der Waals surface area contributed by atoms with Crippen molar-refractivity contribution in [3.63, 3.8) is 0 Å². The molecule has 94 valence electrons. The topological polar surface area (TPSA) is 112 Å². The Labute approximate surface area is 106 Å². The number of aromatic nitrogens is 4. The summed E-state index contributed by atoms with van der Waals surface area (Å²) in [5.74, 6) is -0.532. The molecule has 3 aromatic rings. The molecule has 3 N–H and O–H groups in total. The van der Waals surface area contributed by atoms with Crippen molar-refractivity contribution in [3.8, 4) is 11.4 Å². The Morgan fingerprint density at radius 3 is 2.84 bits per heavy atom. The number of nitrogens with one attached hydrogen (secondary N) is 2. The van der Waals surface area contributed by atoms with E-state index in [-0.39, 0.29) is 11.1 Å². The van der Waals surface area contributed by atoms with Crippen LogP contribution in [-0.4, -0.2) is 31.0 Å². The fraction of sp³-hybridized carbons (Fsp3) is 0. The predicted molar refractivity (Wildman–Crippen MR) is 66.9 cm³/mol. The molecule has 0 aliphatic rings. The normalized spacial score (nSPS) is 10.7. The monoisotopic (exact) mass is 256 g/mol. The predicted octanol–water partition coefficient (Wildman–Crippen LogP) is 1.01. The molecule has 0 bridgehead atoms. The highest BCUT2D eigenvalue weighted by Gasteiger charge is 2.09. The molecule has 3 rings (SSSR count). The molecule has 0 saturated carbocycles. The number of nitrogens with zero attached hydrogens (tertiary/aromatic N) is 2. The van der Waals surface area contributed by atoms with Crippen LogP contribution in [0.4, 0.5) is 0 Å². The molecule has 7 nitrogen and oxygen atoms in total. The Bertz CT molecular complexity index is 814. The molecule has 7 heteroatoms. The van der Waals surface area contributed by atoms with Crippen molar-refractivity contribution in [2.45, 2.75) is 0 Å². The Morgan fingerprint density at radius 1 is 1.32 bits per heavy atom. The summed E-state index contributed by atoms with van der Waals surface area (Å²) in [5, 5.41) is 8.88. The zero-order chi connectivity index (χ0) is 13.4. The third kappa shape index (κ3) is 1.97. The van der Waals surface area contributed by atoms with Gasteiger partial charge in [0.15, 0.2) is 5.65 Å². The Kier molecular flexibility index (Phi) is 2.38. The van der Waals surface area contributed by atoms with E-state index in [0.717, 1.165) is 0 Å². The van der Waals surface area contributed by atoms with Crippen molar-refractivity contribution in [1.82, 2.24) is 19.9 Å². The standard InChI is InChI=1S/C12H8N4O3/c17-9-2-1-6(4-13-9)10-15-8-3-7(12(18)19)5-14-11(8)16-10/h1-5H,(H,13,17)(H,18,19)(H,14,15,16). The van der Waals surface area contributed by atoms with Crippen molar-refractivity contribution in [1.29, 1.82) is 0 Å². The third-order valence-corrected chi connectivity index (χ3v) is 2.64. The average Bonchev–Trinajstić information content (AvgIpc) is 2.82. The summed E-state index contributed by atoms with van der Waals surface area (Å²) in [6, 6.07) is 4.47. The van der Waals surface area contributed by atoms with Crippen LogP contribution in [0.1, 0.15) is 10.4 Å². The van der Waals surface area contributed by atoms with Gasteiger partial charge in [-0.3, -0.25) is 4.79 Å². The minimum absolute atomic E-state index is 0.0872. The maximum atomic E-state index is 11.0. The summed E-state index contributed by atoms with van der Waals surface area (Å²) in [5.41, 5.74) is 1.53.